The lowest BCUT2D eigenvalue weighted by Crippen LogP contribution is -2.42. The molecule has 0 atom stereocenters. The van der Waals surface area contributed by atoms with E-state index in [2.05, 4.69) is 15.9 Å². The Morgan fingerprint density at radius 1 is 1.10 bits per heavy atom. The van der Waals surface area contributed by atoms with E-state index < -0.39 is 0 Å². The van der Waals surface area contributed by atoms with E-state index in [0.29, 0.717) is 5.69 Å². The van der Waals surface area contributed by atoms with Gasteiger partial charge in [-0.15, -0.1) is 0 Å². The minimum Gasteiger partial charge on any atom is -0.328 e. The SMILES string of the molecule is CN1C(=O)CN(c2ccccc2F)c2cc(Br)ccc21. The molecule has 3 nitrogen and oxygen atoms in total. The van der Waals surface area contributed by atoms with Gasteiger partial charge in [0.1, 0.15) is 12.4 Å². The van der Waals surface area contributed by atoms with Crippen molar-refractivity contribution in [1.29, 1.82) is 0 Å². The lowest BCUT2D eigenvalue weighted by atomic mass is 10.1. The number of hydrogen-bond acceptors (Lipinski definition) is 2. The molecule has 0 saturated heterocycles. The third kappa shape index (κ3) is 2.08. The Labute approximate surface area is 124 Å². The summed E-state index contributed by atoms with van der Waals surface area (Å²) in [4.78, 5) is 15.4. The molecule has 0 radical (unpaired) electrons. The number of likely N-dealkylation sites (N-methyl/N-ethyl adjacent to an activating group) is 1. The monoisotopic (exact) mass is 334 g/mol. The molecule has 102 valence electrons. The molecule has 1 heterocycles. The summed E-state index contributed by atoms with van der Waals surface area (Å²) in [6.07, 6.45) is 0. The molecule has 0 aromatic heterocycles. The van der Waals surface area contributed by atoms with Crippen LogP contribution in [0.5, 0.6) is 0 Å². The number of nitrogens with zero attached hydrogens (tertiary/aromatic N) is 2. The predicted molar refractivity (Wildman–Crippen MR) is 81.0 cm³/mol. The number of carbonyl (C=O) groups is 1. The van der Waals surface area contributed by atoms with E-state index in [9.17, 15) is 9.18 Å². The highest BCUT2D eigenvalue weighted by Crippen LogP contribution is 2.39. The smallest absolute Gasteiger partial charge is 0.246 e. The van der Waals surface area contributed by atoms with Gasteiger partial charge in [0, 0.05) is 11.5 Å². The van der Waals surface area contributed by atoms with Gasteiger partial charge < -0.3 is 9.80 Å². The van der Waals surface area contributed by atoms with Crippen molar-refractivity contribution in [2.45, 2.75) is 0 Å². The summed E-state index contributed by atoms with van der Waals surface area (Å²) in [6.45, 7) is 0.126. The van der Waals surface area contributed by atoms with Crippen LogP contribution in [0.1, 0.15) is 0 Å². The number of rotatable bonds is 1. The average Bonchev–Trinajstić information content (AvgIpc) is 2.43. The van der Waals surface area contributed by atoms with Crippen LogP contribution in [0.25, 0.3) is 0 Å². The van der Waals surface area contributed by atoms with Crippen molar-refractivity contribution >= 4 is 38.9 Å². The van der Waals surface area contributed by atoms with Crippen LogP contribution in [0.2, 0.25) is 0 Å². The third-order valence-electron chi connectivity index (χ3n) is 3.40. The van der Waals surface area contributed by atoms with Crippen molar-refractivity contribution in [1.82, 2.24) is 0 Å². The van der Waals surface area contributed by atoms with Gasteiger partial charge in [-0.25, -0.2) is 4.39 Å². The summed E-state index contributed by atoms with van der Waals surface area (Å²) >= 11 is 3.42. The maximum absolute atomic E-state index is 14.0. The molecule has 2 aromatic carbocycles. The van der Waals surface area contributed by atoms with E-state index in [0.717, 1.165) is 15.8 Å². The van der Waals surface area contributed by atoms with Crippen LogP contribution in [0.3, 0.4) is 0 Å². The van der Waals surface area contributed by atoms with E-state index in [4.69, 9.17) is 0 Å². The predicted octanol–water partition coefficient (Wildman–Crippen LogP) is 3.70. The van der Waals surface area contributed by atoms with Crippen LogP contribution in [-0.4, -0.2) is 19.5 Å². The number of halogens is 2. The zero-order chi connectivity index (χ0) is 14.3. The Hall–Kier alpha value is -1.88. The van der Waals surface area contributed by atoms with Crippen LogP contribution in [0.4, 0.5) is 21.5 Å². The van der Waals surface area contributed by atoms with Gasteiger partial charge >= 0.3 is 0 Å². The van der Waals surface area contributed by atoms with E-state index in [-0.39, 0.29) is 18.3 Å². The van der Waals surface area contributed by atoms with Gasteiger partial charge in [0.2, 0.25) is 5.91 Å². The number of benzene rings is 2. The van der Waals surface area contributed by atoms with Crippen molar-refractivity contribution in [2.75, 3.05) is 23.4 Å². The number of carbonyl (C=O) groups excluding carboxylic acids is 1. The second-order valence-electron chi connectivity index (χ2n) is 4.62. The molecular weight excluding hydrogens is 323 g/mol. The van der Waals surface area contributed by atoms with Crippen LogP contribution < -0.4 is 9.80 Å². The minimum absolute atomic E-state index is 0.0666. The lowest BCUT2D eigenvalue weighted by Gasteiger charge is -2.35. The second-order valence-corrected chi connectivity index (χ2v) is 5.54. The first-order chi connectivity index (χ1) is 9.58. The average molecular weight is 335 g/mol. The van der Waals surface area contributed by atoms with Crippen molar-refractivity contribution in [3.05, 3.63) is 52.8 Å². The molecule has 2 aromatic rings. The summed E-state index contributed by atoms with van der Waals surface area (Å²) in [6, 6.07) is 12.1. The zero-order valence-corrected chi connectivity index (χ0v) is 12.4. The molecule has 0 aliphatic carbocycles. The number of hydrogen-bond donors (Lipinski definition) is 0. The Morgan fingerprint density at radius 3 is 2.60 bits per heavy atom. The Morgan fingerprint density at radius 2 is 1.85 bits per heavy atom. The first-order valence-corrected chi connectivity index (χ1v) is 6.95. The van der Waals surface area contributed by atoms with Gasteiger partial charge in [-0.1, -0.05) is 28.1 Å². The fourth-order valence-corrected chi connectivity index (χ4v) is 2.69. The van der Waals surface area contributed by atoms with Gasteiger partial charge in [-0.05, 0) is 30.3 Å². The zero-order valence-electron chi connectivity index (χ0n) is 10.8. The molecule has 20 heavy (non-hydrogen) atoms. The highest BCUT2D eigenvalue weighted by Gasteiger charge is 2.28. The standard InChI is InChI=1S/C15H12BrFN2O/c1-18-13-7-6-10(16)8-14(13)19(9-15(18)20)12-5-3-2-4-11(12)17/h2-8H,9H2,1H3. The lowest BCUT2D eigenvalue weighted by molar-refractivity contribution is -0.117. The number of anilines is 3. The molecule has 5 heteroatoms. The molecule has 0 saturated carbocycles. The summed E-state index contributed by atoms with van der Waals surface area (Å²) < 4.78 is 14.9. The Kier molecular flexibility index (Phi) is 3.22. The highest BCUT2D eigenvalue weighted by molar-refractivity contribution is 9.10. The normalized spacial score (nSPS) is 14.4. The molecule has 0 unspecified atom stereocenters. The largest absolute Gasteiger partial charge is 0.328 e. The number of para-hydroxylation sites is 1. The number of amides is 1. The van der Waals surface area contributed by atoms with Gasteiger partial charge in [0.25, 0.3) is 0 Å². The maximum Gasteiger partial charge on any atom is 0.246 e. The third-order valence-corrected chi connectivity index (χ3v) is 3.89. The molecule has 0 N–H and O–H groups in total. The van der Waals surface area contributed by atoms with E-state index in [1.807, 2.05) is 18.2 Å². The quantitative estimate of drug-likeness (QED) is 0.793. The fraction of sp³-hybridized carbons (Fsp3) is 0.133. The van der Waals surface area contributed by atoms with Crippen LogP contribution >= 0.6 is 15.9 Å². The number of fused-ring (bicyclic) bond motifs is 1. The molecule has 1 aliphatic rings. The summed E-state index contributed by atoms with van der Waals surface area (Å²) in [5.41, 5.74) is 1.99. The van der Waals surface area contributed by atoms with Crippen molar-refractivity contribution in [3.63, 3.8) is 0 Å². The second kappa shape index (κ2) is 4.90. The molecule has 1 amide bonds. The maximum atomic E-state index is 14.0. The molecule has 1 aliphatic heterocycles. The van der Waals surface area contributed by atoms with E-state index in [1.54, 1.807) is 35.0 Å². The van der Waals surface area contributed by atoms with Gasteiger partial charge in [0.15, 0.2) is 0 Å². The van der Waals surface area contributed by atoms with Gasteiger partial charge in [0.05, 0.1) is 17.1 Å². The molecule has 0 bridgehead atoms. The summed E-state index contributed by atoms with van der Waals surface area (Å²) in [5, 5.41) is 0. The molecular formula is C15H12BrFN2O. The van der Waals surface area contributed by atoms with Crippen molar-refractivity contribution in [3.8, 4) is 0 Å². The van der Waals surface area contributed by atoms with Crippen LogP contribution in [0.15, 0.2) is 46.9 Å². The van der Waals surface area contributed by atoms with Crippen LogP contribution in [-0.2, 0) is 4.79 Å². The minimum atomic E-state index is -0.337. The van der Waals surface area contributed by atoms with Crippen molar-refractivity contribution < 1.29 is 9.18 Å². The van der Waals surface area contributed by atoms with E-state index >= 15 is 0 Å². The molecule has 3 rings (SSSR count). The molecule has 0 fully saturated rings. The summed E-state index contributed by atoms with van der Waals surface area (Å²) in [5.74, 6) is -0.404. The fourth-order valence-electron chi connectivity index (χ4n) is 2.34. The Bertz CT molecular complexity index is 689. The van der Waals surface area contributed by atoms with E-state index in [1.165, 1.54) is 6.07 Å². The van der Waals surface area contributed by atoms with Crippen LogP contribution in [0, 0.1) is 5.82 Å². The first-order valence-electron chi connectivity index (χ1n) is 6.16. The topological polar surface area (TPSA) is 23.6 Å². The summed E-state index contributed by atoms with van der Waals surface area (Å²) in [7, 11) is 1.73. The van der Waals surface area contributed by atoms with Crippen molar-refractivity contribution in [2.24, 2.45) is 0 Å². The first kappa shape index (κ1) is 13.1. The van der Waals surface area contributed by atoms with Gasteiger partial charge in [-0.2, -0.15) is 0 Å². The Balaban J connectivity index is 2.19. The van der Waals surface area contributed by atoms with Gasteiger partial charge in [-0.3, -0.25) is 4.79 Å². The highest BCUT2D eigenvalue weighted by atomic mass is 79.9. The molecule has 0 spiro atoms.